The summed E-state index contributed by atoms with van der Waals surface area (Å²) in [5.41, 5.74) is 0.608. The Balaban J connectivity index is 1.99. The lowest BCUT2D eigenvalue weighted by molar-refractivity contribution is -0.115. The fraction of sp³-hybridized carbons (Fsp3) is 0.188. The van der Waals surface area contributed by atoms with Crippen LogP contribution in [0.15, 0.2) is 51.8 Å². The van der Waals surface area contributed by atoms with Gasteiger partial charge in [0.1, 0.15) is 5.75 Å². The van der Waals surface area contributed by atoms with Crippen LogP contribution in [0.4, 0.5) is 5.69 Å². The van der Waals surface area contributed by atoms with E-state index in [1.807, 2.05) is 37.3 Å². The van der Waals surface area contributed by atoms with E-state index in [0.29, 0.717) is 10.7 Å². The number of amides is 1. The summed E-state index contributed by atoms with van der Waals surface area (Å²) in [7, 11) is 1.63. The number of ether oxygens (including phenoxy) is 1. The van der Waals surface area contributed by atoms with Crippen LogP contribution in [0.5, 0.6) is 5.75 Å². The molecule has 0 aliphatic carbocycles. The van der Waals surface area contributed by atoms with Gasteiger partial charge in [0, 0.05) is 9.37 Å². The Morgan fingerprint density at radius 1 is 1.27 bits per heavy atom. The zero-order valence-electron chi connectivity index (χ0n) is 12.1. The first-order valence-electron chi connectivity index (χ1n) is 6.56. The number of methoxy groups -OCH3 is 1. The van der Waals surface area contributed by atoms with Crippen molar-refractivity contribution in [3.63, 3.8) is 0 Å². The SMILES string of the molecule is COc1ccc(SC(C)C(=O)Nc2ccc(Br)cc2Cl)cc1. The van der Waals surface area contributed by atoms with E-state index in [1.54, 1.807) is 19.2 Å². The minimum Gasteiger partial charge on any atom is -0.497 e. The number of thioether (sulfide) groups is 1. The number of anilines is 1. The minimum atomic E-state index is -0.242. The van der Waals surface area contributed by atoms with Gasteiger partial charge in [0.05, 0.1) is 23.1 Å². The van der Waals surface area contributed by atoms with Crippen molar-refractivity contribution >= 4 is 50.9 Å². The molecule has 1 atom stereocenters. The molecule has 22 heavy (non-hydrogen) atoms. The molecule has 0 radical (unpaired) electrons. The quantitative estimate of drug-likeness (QED) is 0.698. The molecule has 0 aliphatic rings. The first-order chi connectivity index (χ1) is 10.5. The molecule has 0 spiro atoms. The first-order valence-corrected chi connectivity index (χ1v) is 8.61. The van der Waals surface area contributed by atoms with Crippen molar-refractivity contribution < 1.29 is 9.53 Å². The maximum atomic E-state index is 12.3. The van der Waals surface area contributed by atoms with Gasteiger partial charge < -0.3 is 10.1 Å². The van der Waals surface area contributed by atoms with Crippen molar-refractivity contribution in [1.29, 1.82) is 0 Å². The average molecular weight is 401 g/mol. The summed E-state index contributed by atoms with van der Waals surface area (Å²) in [5, 5.41) is 3.10. The summed E-state index contributed by atoms with van der Waals surface area (Å²) < 4.78 is 5.99. The number of benzene rings is 2. The van der Waals surface area contributed by atoms with E-state index in [9.17, 15) is 4.79 Å². The van der Waals surface area contributed by atoms with Crippen molar-refractivity contribution in [3.05, 3.63) is 52.0 Å². The molecule has 2 rings (SSSR count). The zero-order valence-corrected chi connectivity index (χ0v) is 15.3. The molecule has 1 unspecified atom stereocenters. The van der Waals surface area contributed by atoms with Crippen LogP contribution in [0.3, 0.4) is 0 Å². The van der Waals surface area contributed by atoms with E-state index < -0.39 is 0 Å². The maximum absolute atomic E-state index is 12.3. The third kappa shape index (κ3) is 4.66. The van der Waals surface area contributed by atoms with E-state index in [-0.39, 0.29) is 11.2 Å². The molecule has 2 aromatic carbocycles. The molecule has 0 heterocycles. The highest BCUT2D eigenvalue weighted by molar-refractivity contribution is 9.10. The van der Waals surface area contributed by atoms with Gasteiger partial charge in [-0.1, -0.05) is 27.5 Å². The van der Waals surface area contributed by atoms with E-state index in [4.69, 9.17) is 16.3 Å². The van der Waals surface area contributed by atoms with Crippen molar-refractivity contribution in [2.75, 3.05) is 12.4 Å². The molecule has 0 fully saturated rings. The molecule has 2 aromatic rings. The van der Waals surface area contributed by atoms with Gasteiger partial charge in [0.25, 0.3) is 0 Å². The van der Waals surface area contributed by atoms with Crippen molar-refractivity contribution in [2.45, 2.75) is 17.1 Å². The predicted octanol–water partition coefficient (Wildman–Crippen LogP) is 5.23. The highest BCUT2D eigenvalue weighted by atomic mass is 79.9. The first kappa shape index (κ1) is 17.2. The Morgan fingerprint density at radius 2 is 1.95 bits per heavy atom. The van der Waals surface area contributed by atoms with E-state index in [2.05, 4.69) is 21.2 Å². The third-order valence-electron chi connectivity index (χ3n) is 2.93. The normalized spacial score (nSPS) is 11.8. The lowest BCUT2D eigenvalue weighted by Gasteiger charge is -2.13. The van der Waals surface area contributed by atoms with Gasteiger partial charge in [-0.05, 0) is 49.4 Å². The van der Waals surface area contributed by atoms with Crippen LogP contribution in [-0.4, -0.2) is 18.3 Å². The number of rotatable bonds is 5. The van der Waals surface area contributed by atoms with Crippen LogP contribution in [-0.2, 0) is 4.79 Å². The zero-order chi connectivity index (χ0) is 16.1. The Bertz CT molecular complexity index is 664. The second-order valence-corrected chi connectivity index (χ2v) is 7.29. The van der Waals surface area contributed by atoms with Crippen LogP contribution >= 0.6 is 39.3 Å². The highest BCUT2D eigenvalue weighted by Crippen LogP contribution is 2.29. The van der Waals surface area contributed by atoms with Gasteiger partial charge in [0.2, 0.25) is 5.91 Å². The predicted molar refractivity (Wildman–Crippen MR) is 96.1 cm³/mol. The van der Waals surface area contributed by atoms with E-state index in [0.717, 1.165) is 15.1 Å². The van der Waals surface area contributed by atoms with Crippen LogP contribution in [0.1, 0.15) is 6.92 Å². The Labute approximate surface area is 147 Å². The molecule has 1 N–H and O–H groups in total. The summed E-state index contributed by atoms with van der Waals surface area (Å²) in [5.74, 6) is 0.702. The second-order valence-electron chi connectivity index (χ2n) is 4.55. The maximum Gasteiger partial charge on any atom is 0.237 e. The molecule has 0 aromatic heterocycles. The summed E-state index contributed by atoms with van der Waals surface area (Å²) in [6, 6.07) is 13.0. The molecule has 1 amide bonds. The Morgan fingerprint density at radius 3 is 2.55 bits per heavy atom. The van der Waals surface area contributed by atoms with Crippen LogP contribution in [0.25, 0.3) is 0 Å². The molecule has 6 heteroatoms. The van der Waals surface area contributed by atoms with Crippen molar-refractivity contribution in [2.24, 2.45) is 0 Å². The van der Waals surface area contributed by atoms with Gasteiger partial charge in [-0.2, -0.15) is 0 Å². The number of carbonyl (C=O) groups excluding carboxylic acids is 1. The molecular formula is C16H15BrClNO2S. The lowest BCUT2D eigenvalue weighted by Crippen LogP contribution is -2.22. The standard InChI is InChI=1S/C16H15BrClNO2S/c1-10(22-13-6-4-12(21-2)5-7-13)16(20)19-15-8-3-11(17)9-14(15)18/h3-10H,1-2H3,(H,19,20). The van der Waals surface area contributed by atoms with Gasteiger partial charge in [0.15, 0.2) is 0 Å². The third-order valence-corrected chi connectivity index (χ3v) is 4.85. The fourth-order valence-electron chi connectivity index (χ4n) is 1.74. The number of hydrogen-bond donors (Lipinski definition) is 1. The van der Waals surface area contributed by atoms with Gasteiger partial charge in [-0.3, -0.25) is 4.79 Å². The van der Waals surface area contributed by atoms with Crippen LogP contribution < -0.4 is 10.1 Å². The van der Waals surface area contributed by atoms with E-state index in [1.165, 1.54) is 11.8 Å². The van der Waals surface area contributed by atoms with Crippen LogP contribution in [0, 0.1) is 0 Å². The van der Waals surface area contributed by atoms with Gasteiger partial charge >= 0.3 is 0 Å². The lowest BCUT2D eigenvalue weighted by atomic mass is 10.3. The fourth-order valence-corrected chi connectivity index (χ4v) is 3.33. The monoisotopic (exact) mass is 399 g/mol. The number of nitrogens with one attached hydrogen (secondary N) is 1. The number of hydrogen-bond acceptors (Lipinski definition) is 3. The smallest absolute Gasteiger partial charge is 0.237 e. The average Bonchev–Trinajstić information content (AvgIpc) is 2.50. The van der Waals surface area contributed by atoms with Gasteiger partial charge in [-0.15, -0.1) is 11.8 Å². The number of halogens is 2. The van der Waals surface area contributed by atoms with Gasteiger partial charge in [-0.25, -0.2) is 0 Å². The Hall–Kier alpha value is -1.17. The van der Waals surface area contributed by atoms with E-state index >= 15 is 0 Å². The summed E-state index contributed by atoms with van der Waals surface area (Å²) in [6.07, 6.45) is 0. The molecule has 0 aliphatic heterocycles. The molecule has 0 bridgehead atoms. The number of carbonyl (C=O) groups is 1. The molecule has 0 saturated carbocycles. The summed E-state index contributed by atoms with van der Waals surface area (Å²) >= 11 is 10.9. The summed E-state index contributed by atoms with van der Waals surface area (Å²) in [4.78, 5) is 13.3. The van der Waals surface area contributed by atoms with Crippen molar-refractivity contribution in [1.82, 2.24) is 0 Å². The summed E-state index contributed by atoms with van der Waals surface area (Å²) in [6.45, 7) is 1.86. The van der Waals surface area contributed by atoms with Crippen LogP contribution in [0.2, 0.25) is 5.02 Å². The molecular weight excluding hydrogens is 386 g/mol. The highest BCUT2D eigenvalue weighted by Gasteiger charge is 2.15. The minimum absolute atomic E-state index is 0.0926. The molecule has 3 nitrogen and oxygen atoms in total. The molecule has 0 saturated heterocycles. The Kier molecular flexibility index (Phi) is 6.17. The largest absolute Gasteiger partial charge is 0.497 e. The molecule has 116 valence electrons. The van der Waals surface area contributed by atoms with Crippen molar-refractivity contribution in [3.8, 4) is 5.75 Å². The second kappa shape index (κ2) is 7.90. The topological polar surface area (TPSA) is 38.3 Å².